The molecule has 1 N–H and O–H groups in total. The molecule has 1 fully saturated rings. The Hall–Kier alpha value is -4.61. The lowest BCUT2D eigenvalue weighted by molar-refractivity contribution is -0.142. The van der Waals surface area contributed by atoms with Gasteiger partial charge in [0.1, 0.15) is 34.3 Å². The fourth-order valence-electron chi connectivity index (χ4n) is 7.30. The van der Waals surface area contributed by atoms with Crippen molar-refractivity contribution in [3.8, 4) is 23.0 Å². The maximum Gasteiger partial charge on any atom is 0.435 e. The van der Waals surface area contributed by atoms with Gasteiger partial charge in [0, 0.05) is 64.6 Å². The van der Waals surface area contributed by atoms with E-state index in [-0.39, 0.29) is 62.7 Å². The Morgan fingerprint density at radius 2 is 1.73 bits per heavy atom. The number of benzene rings is 2. The first kappa shape index (κ1) is 43.5. The molecule has 3 heterocycles. The molecule has 21 heteroatoms. The summed E-state index contributed by atoms with van der Waals surface area (Å²) in [6, 6.07) is 7.01. The van der Waals surface area contributed by atoms with Crippen LogP contribution < -0.4 is 4.72 Å². The van der Waals surface area contributed by atoms with Crippen LogP contribution in [0.15, 0.2) is 47.5 Å². The van der Waals surface area contributed by atoms with Crippen molar-refractivity contribution in [2.24, 2.45) is 10.9 Å². The van der Waals surface area contributed by atoms with E-state index in [9.17, 15) is 39.3 Å². The first-order chi connectivity index (χ1) is 28.0. The summed E-state index contributed by atoms with van der Waals surface area (Å²) in [5.74, 6) is -2.12. The molecule has 2 aliphatic rings. The molecule has 1 saturated carbocycles. The molecule has 0 amide bonds. The minimum atomic E-state index is -5.03. The van der Waals surface area contributed by atoms with E-state index >= 15 is 8.78 Å². The standard InChI is InChI=1S/C39H32ClF10N7OS2/c1-36(2,60(4)58)10-9-22-5-6-23(24-7-8-27(40)30-32(24)57(18-37(43,44)45)54-35(30)55-59-3)31(52-22)28(15-19-13-20(41)16-21(42)14-19)51-11-12-56-34-29(33(53-56)39(48,49)50)25-17-26(25)38(34,46)47/h5-8,11,13-14,16,25-26,28H,12,15,17-18H2,1-4H3,(H,54,55). The fourth-order valence-corrected chi connectivity index (χ4v) is 8.07. The van der Waals surface area contributed by atoms with Gasteiger partial charge in [-0.2, -0.15) is 45.3 Å². The van der Waals surface area contributed by atoms with Crippen molar-refractivity contribution in [2.45, 2.75) is 74.8 Å². The third-order valence-corrected chi connectivity index (χ3v) is 12.5. The molecule has 0 spiro atoms. The number of halogens is 11. The molecule has 2 aromatic carbocycles. The lowest BCUT2D eigenvalue weighted by Crippen LogP contribution is -2.23. The molecule has 0 saturated heterocycles. The van der Waals surface area contributed by atoms with Gasteiger partial charge >= 0.3 is 12.4 Å². The van der Waals surface area contributed by atoms with Crippen LogP contribution in [0, 0.1) is 29.4 Å². The van der Waals surface area contributed by atoms with Crippen molar-refractivity contribution in [3.63, 3.8) is 0 Å². The second-order valence-corrected chi connectivity index (χ2v) is 17.7. The fraction of sp³-hybridized carbons (Fsp3) is 0.385. The zero-order chi connectivity index (χ0) is 43.7. The first-order valence-corrected chi connectivity index (χ1v) is 21.1. The van der Waals surface area contributed by atoms with E-state index < -0.39 is 93.4 Å². The highest BCUT2D eigenvalue weighted by Gasteiger charge is 2.68. The molecule has 7 rings (SSSR count). The highest BCUT2D eigenvalue weighted by molar-refractivity contribution is 7.99. The van der Waals surface area contributed by atoms with Crippen molar-refractivity contribution in [2.75, 3.05) is 17.2 Å². The number of rotatable bonds is 11. The van der Waals surface area contributed by atoms with Gasteiger partial charge in [0.15, 0.2) is 11.5 Å². The molecule has 5 aromatic rings. The highest BCUT2D eigenvalue weighted by atomic mass is 35.5. The molecule has 60 heavy (non-hydrogen) atoms. The summed E-state index contributed by atoms with van der Waals surface area (Å²) in [4.78, 5) is 9.26. The molecule has 8 nitrogen and oxygen atoms in total. The minimum absolute atomic E-state index is 0.00428. The van der Waals surface area contributed by atoms with Crippen LogP contribution in [0.5, 0.6) is 0 Å². The maximum absolute atomic E-state index is 15.4. The van der Waals surface area contributed by atoms with Crippen LogP contribution in [0.1, 0.15) is 66.1 Å². The second-order valence-electron chi connectivity index (χ2n) is 14.8. The maximum atomic E-state index is 15.4. The summed E-state index contributed by atoms with van der Waals surface area (Å²) in [6.07, 6.45) is -6.19. The van der Waals surface area contributed by atoms with Gasteiger partial charge in [-0.3, -0.25) is 18.6 Å². The van der Waals surface area contributed by atoms with E-state index in [1.165, 1.54) is 30.5 Å². The van der Waals surface area contributed by atoms with E-state index in [2.05, 4.69) is 31.8 Å². The van der Waals surface area contributed by atoms with Crippen molar-refractivity contribution in [3.05, 3.63) is 93.0 Å². The van der Waals surface area contributed by atoms with Crippen LogP contribution in [0.2, 0.25) is 5.02 Å². The summed E-state index contributed by atoms with van der Waals surface area (Å²) in [5, 5.41) is 7.83. The monoisotopic (exact) mass is 903 g/mol. The number of hydrogen-bond acceptors (Lipinski definition) is 7. The Morgan fingerprint density at radius 3 is 2.37 bits per heavy atom. The summed E-state index contributed by atoms with van der Waals surface area (Å²) in [6.45, 7) is 0.993. The number of aliphatic imine (C=N–C) groups is 1. The Bertz CT molecular complexity index is 2610. The van der Waals surface area contributed by atoms with Gasteiger partial charge in [0.25, 0.3) is 5.92 Å². The average Bonchev–Trinajstić information content (AvgIpc) is 3.65. The van der Waals surface area contributed by atoms with Crippen LogP contribution in [0.25, 0.3) is 22.0 Å². The van der Waals surface area contributed by atoms with Gasteiger partial charge in [-0.25, -0.2) is 13.8 Å². The average molecular weight is 904 g/mol. The van der Waals surface area contributed by atoms with Crippen LogP contribution >= 0.6 is 23.5 Å². The lowest BCUT2D eigenvalue weighted by atomic mass is 9.94. The van der Waals surface area contributed by atoms with E-state index in [1.54, 1.807) is 20.1 Å². The van der Waals surface area contributed by atoms with Gasteiger partial charge in [-0.1, -0.05) is 35.5 Å². The van der Waals surface area contributed by atoms with Gasteiger partial charge in [-0.15, -0.1) is 0 Å². The van der Waals surface area contributed by atoms with Crippen LogP contribution in [0.4, 0.5) is 49.7 Å². The molecular formula is C39H32ClF10N7OS2. The number of anilines is 1. The number of nitrogens with zero attached hydrogens (tertiary/aromatic N) is 6. The van der Waals surface area contributed by atoms with Gasteiger partial charge in [0.05, 0.1) is 34.2 Å². The summed E-state index contributed by atoms with van der Waals surface area (Å²) < 4.78 is 160. The predicted octanol–water partition coefficient (Wildman–Crippen LogP) is 10.3. The summed E-state index contributed by atoms with van der Waals surface area (Å²) in [5.41, 5.74) is -2.73. The first-order valence-electron chi connectivity index (χ1n) is 18.0. The summed E-state index contributed by atoms with van der Waals surface area (Å²) in [7, 11) is -1.44. The van der Waals surface area contributed by atoms with Gasteiger partial charge in [0.2, 0.25) is 0 Å². The highest BCUT2D eigenvalue weighted by Crippen LogP contribution is 2.68. The second kappa shape index (κ2) is 15.7. The van der Waals surface area contributed by atoms with E-state index in [0.717, 1.165) is 30.3 Å². The van der Waals surface area contributed by atoms with Crippen LogP contribution in [-0.2, 0) is 42.4 Å². The van der Waals surface area contributed by atoms with Crippen molar-refractivity contribution in [1.82, 2.24) is 24.5 Å². The normalized spacial score (nSPS) is 18.3. The molecule has 4 atom stereocenters. The van der Waals surface area contributed by atoms with Crippen molar-refractivity contribution >= 4 is 57.3 Å². The van der Waals surface area contributed by atoms with E-state index in [1.807, 2.05) is 0 Å². The number of fused-ring (bicyclic) bond motifs is 4. The quantitative estimate of drug-likeness (QED) is 0.0615. The Morgan fingerprint density at radius 1 is 1.05 bits per heavy atom. The van der Waals surface area contributed by atoms with Crippen molar-refractivity contribution in [1.29, 1.82) is 0 Å². The molecule has 0 aliphatic heterocycles. The third kappa shape index (κ3) is 8.49. The molecule has 4 unspecified atom stereocenters. The van der Waals surface area contributed by atoms with E-state index in [4.69, 9.17) is 16.6 Å². The molecule has 318 valence electrons. The SMILES string of the molecule is CSNc1nn(CC(F)(F)F)c2c(-c3ccc(C#CC(C)(C)S(C)=O)nc3C(Cc3cc(F)cc(F)c3)N=CCn3nc(C(F)(F)F)c4c3C(F)(F)C3CC43)ccc(Cl)c12. The van der Waals surface area contributed by atoms with Gasteiger partial charge < -0.3 is 4.72 Å². The zero-order valence-electron chi connectivity index (χ0n) is 31.7. The lowest BCUT2D eigenvalue weighted by Gasteiger charge is -2.19. The Labute approximate surface area is 347 Å². The smallest absolute Gasteiger partial charge is 0.313 e. The number of nitrogens with one attached hydrogen (secondary N) is 1. The predicted molar refractivity (Wildman–Crippen MR) is 209 cm³/mol. The van der Waals surface area contributed by atoms with Gasteiger partial charge in [-0.05, 0) is 68.0 Å². The number of hydrogen-bond donors (Lipinski definition) is 1. The number of aromatic nitrogens is 5. The van der Waals surface area contributed by atoms with Crippen LogP contribution in [0.3, 0.4) is 0 Å². The number of pyridine rings is 1. The Kier molecular flexibility index (Phi) is 11.4. The van der Waals surface area contributed by atoms with Crippen molar-refractivity contribution < 1.29 is 48.1 Å². The zero-order valence-corrected chi connectivity index (χ0v) is 34.1. The molecular weight excluding hydrogens is 872 g/mol. The molecule has 2 aliphatic carbocycles. The summed E-state index contributed by atoms with van der Waals surface area (Å²) >= 11 is 7.62. The Balaban J connectivity index is 1.44. The molecule has 0 radical (unpaired) electrons. The molecule has 3 aromatic heterocycles. The van der Waals surface area contributed by atoms with Crippen LogP contribution in [-0.4, -0.2) is 58.4 Å². The third-order valence-electron chi connectivity index (χ3n) is 10.2. The number of alkyl halides is 8. The largest absolute Gasteiger partial charge is 0.435 e. The topological polar surface area (TPSA) is 90.0 Å². The molecule has 0 bridgehead atoms. The minimum Gasteiger partial charge on any atom is -0.313 e. The van der Waals surface area contributed by atoms with E-state index in [0.29, 0.717) is 15.4 Å².